The Bertz CT molecular complexity index is 684. The molecule has 0 atom stereocenters. The summed E-state index contributed by atoms with van der Waals surface area (Å²) in [6.07, 6.45) is 2.28. The molecule has 0 radical (unpaired) electrons. The summed E-state index contributed by atoms with van der Waals surface area (Å²) in [5.74, 6) is -0.147. The zero-order valence-corrected chi connectivity index (χ0v) is 15.7. The minimum Gasteiger partial charge on any atom is -0.327 e. The highest BCUT2D eigenvalue weighted by Crippen LogP contribution is 2.26. The van der Waals surface area contributed by atoms with Gasteiger partial charge in [0.25, 0.3) is 5.91 Å². The van der Waals surface area contributed by atoms with Gasteiger partial charge in [-0.15, -0.1) is 0 Å². The smallest absolute Gasteiger partial charge is 0.279 e. The number of carbonyl (C=O) groups is 1. The van der Waals surface area contributed by atoms with Crippen LogP contribution in [0.25, 0.3) is 0 Å². The number of sulfonamides is 1. The minimum atomic E-state index is -3.58. The topological polar surface area (TPSA) is 70.9 Å². The van der Waals surface area contributed by atoms with Crippen molar-refractivity contribution in [3.05, 3.63) is 23.2 Å². The summed E-state index contributed by atoms with van der Waals surface area (Å²) in [6, 6.07) is 4.42. The summed E-state index contributed by atoms with van der Waals surface area (Å²) in [5.41, 5.74) is 0.341. The molecule has 1 saturated heterocycles. The maximum absolute atomic E-state index is 12.6. The quantitative estimate of drug-likeness (QED) is 0.747. The van der Waals surface area contributed by atoms with E-state index in [0.717, 1.165) is 25.9 Å². The molecule has 1 aliphatic rings. The van der Waals surface area contributed by atoms with Crippen LogP contribution in [0.3, 0.4) is 0 Å². The second-order valence-electron chi connectivity index (χ2n) is 5.91. The molecule has 0 saturated carbocycles. The molecule has 2 N–H and O–H groups in total. The molecule has 0 aliphatic carbocycles. The van der Waals surface area contributed by atoms with E-state index < -0.39 is 10.0 Å². The molecule has 0 spiro atoms. The first-order valence-electron chi connectivity index (χ1n) is 8.31. The molecular formula is C16H25ClN3O3S+. The first kappa shape index (κ1) is 19.2. The van der Waals surface area contributed by atoms with Crippen molar-refractivity contribution in [2.45, 2.75) is 31.6 Å². The van der Waals surface area contributed by atoms with Gasteiger partial charge < -0.3 is 10.2 Å². The summed E-state index contributed by atoms with van der Waals surface area (Å²) in [5, 5.41) is 3.08. The van der Waals surface area contributed by atoms with Gasteiger partial charge in [-0.1, -0.05) is 25.4 Å². The van der Waals surface area contributed by atoms with Crippen molar-refractivity contribution in [2.75, 3.05) is 38.0 Å². The summed E-state index contributed by atoms with van der Waals surface area (Å²) in [7, 11) is -3.58. The standard InChI is InChI=1S/C16H24ClN3O3S/c1-3-20(4-2)24(22,23)13-7-8-14(17)15(11-13)18-16(21)12-19-9-5-6-10-19/h7-8,11H,3-6,9-10,12H2,1-2H3,(H,18,21)/p+1. The molecule has 24 heavy (non-hydrogen) atoms. The summed E-state index contributed by atoms with van der Waals surface area (Å²) in [6.45, 7) is 6.73. The molecule has 1 fully saturated rings. The molecular weight excluding hydrogens is 350 g/mol. The third-order valence-corrected chi connectivity index (χ3v) is 6.65. The van der Waals surface area contributed by atoms with Crippen LogP contribution in [0, 0.1) is 0 Å². The number of quaternary nitrogens is 1. The molecule has 134 valence electrons. The highest BCUT2D eigenvalue weighted by molar-refractivity contribution is 7.89. The lowest BCUT2D eigenvalue weighted by Gasteiger charge is -2.19. The number of amides is 1. The van der Waals surface area contributed by atoms with Gasteiger partial charge in [-0.3, -0.25) is 4.79 Å². The normalized spacial score (nSPS) is 15.8. The average molecular weight is 375 g/mol. The maximum atomic E-state index is 12.6. The predicted octanol–water partition coefficient (Wildman–Crippen LogP) is 0.988. The first-order valence-corrected chi connectivity index (χ1v) is 10.1. The second kappa shape index (κ2) is 8.29. The Labute approximate surface area is 148 Å². The van der Waals surface area contributed by atoms with Crippen LogP contribution in [0.4, 0.5) is 5.69 Å². The van der Waals surface area contributed by atoms with E-state index in [1.165, 1.54) is 27.4 Å². The Morgan fingerprint density at radius 3 is 2.46 bits per heavy atom. The monoisotopic (exact) mass is 374 g/mol. The van der Waals surface area contributed by atoms with Crippen LogP contribution in [-0.4, -0.2) is 51.4 Å². The predicted molar refractivity (Wildman–Crippen MR) is 95.0 cm³/mol. The summed E-state index contributed by atoms with van der Waals surface area (Å²) < 4.78 is 26.5. The molecule has 1 amide bonds. The van der Waals surface area contributed by atoms with E-state index in [9.17, 15) is 13.2 Å². The van der Waals surface area contributed by atoms with E-state index in [2.05, 4.69) is 5.32 Å². The van der Waals surface area contributed by atoms with Crippen molar-refractivity contribution < 1.29 is 18.1 Å². The number of carbonyl (C=O) groups excluding carboxylic acids is 1. The largest absolute Gasteiger partial charge is 0.327 e. The summed E-state index contributed by atoms with van der Waals surface area (Å²) >= 11 is 6.12. The molecule has 6 nitrogen and oxygen atoms in total. The van der Waals surface area contributed by atoms with Gasteiger partial charge in [0, 0.05) is 25.9 Å². The molecule has 1 aromatic carbocycles. The van der Waals surface area contributed by atoms with E-state index in [4.69, 9.17) is 11.6 Å². The van der Waals surface area contributed by atoms with Gasteiger partial charge in [-0.2, -0.15) is 4.31 Å². The van der Waals surface area contributed by atoms with Crippen molar-refractivity contribution in [3.63, 3.8) is 0 Å². The van der Waals surface area contributed by atoms with Crippen LogP contribution >= 0.6 is 11.6 Å². The molecule has 1 heterocycles. The molecule has 0 bridgehead atoms. The van der Waals surface area contributed by atoms with E-state index in [1.54, 1.807) is 13.8 Å². The molecule has 1 aliphatic heterocycles. The lowest BCUT2D eigenvalue weighted by atomic mass is 10.3. The highest BCUT2D eigenvalue weighted by atomic mass is 35.5. The first-order chi connectivity index (χ1) is 11.4. The Morgan fingerprint density at radius 1 is 1.25 bits per heavy atom. The van der Waals surface area contributed by atoms with Crippen LogP contribution in [0.5, 0.6) is 0 Å². The number of likely N-dealkylation sites (tertiary alicyclic amines) is 1. The molecule has 8 heteroatoms. The number of nitrogens with zero attached hydrogens (tertiary/aromatic N) is 1. The molecule has 0 aromatic heterocycles. The second-order valence-corrected chi connectivity index (χ2v) is 8.26. The Kier molecular flexibility index (Phi) is 6.62. The van der Waals surface area contributed by atoms with Gasteiger partial charge in [0.15, 0.2) is 6.54 Å². The number of rotatable bonds is 7. The Morgan fingerprint density at radius 2 is 1.88 bits per heavy atom. The molecule has 2 rings (SSSR count). The zero-order chi connectivity index (χ0) is 17.7. The van der Waals surface area contributed by atoms with E-state index in [1.807, 2.05) is 0 Å². The average Bonchev–Trinajstić information content (AvgIpc) is 3.03. The lowest BCUT2D eigenvalue weighted by Crippen LogP contribution is -3.11. The zero-order valence-electron chi connectivity index (χ0n) is 14.1. The number of anilines is 1. The fourth-order valence-electron chi connectivity index (χ4n) is 2.95. The van der Waals surface area contributed by atoms with Gasteiger partial charge >= 0.3 is 0 Å². The minimum absolute atomic E-state index is 0.138. The third-order valence-electron chi connectivity index (χ3n) is 4.28. The Hall–Kier alpha value is -1.15. The van der Waals surface area contributed by atoms with Crippen LogP contribution in [0.15, 0.2) is 23.1 Å². The SMILES string of the molecule is CCN(CC)S(=O)(=O)c1ccc(Cl)c(NC(=O)C[NH+]2CCCC2)c1. The van der Waals surface area contributed by atoms with Crippen molar-refractivity contribution in [1.29, 1.82) is 0 Å². The molecule has 1 aromatic rings. The van der Waals surface area contributed by atoms with Gasteiger partial charge in [0.05, 0.1) is 28.7 Å². The van der Waals surface area contributed by atoms with Crippen molar-refractivity contribution in [1.82, 2.24) is 4.31 Å². The number of hydrogen-bond donors (Lipinski definition) is 2. The fraction of sp³-hybridized carbons (Fsp3) is 0.562. The van der Waals surface area contributed by atoms with Crippen LogP contribution in [0.2, 0.25) is 5.02 Å². The Balaban J connectivity index is 2.17. The fourth-order valence-corrected chi connectivity index (χ4v) is 4.60. The molecule has 0 unspecified atom stereocenters. The van der Waals surface area contributed by atoms with E-state index in [0.29, 0.717) is 30.3 Å². The van der Waals surface area contributed by atoms with Crippen LogP contribution in [0.1, 0.15) is 26.7 Å². The van der Waals surface area contributed by atoms with E-state index >= 15 is 0 Å². The summed E-state index contributed by atoms with van der Waals surface area (Å²) in [4.78, 5) is 13.6. The van der Waals surface area contributed by atoms with Crippen LogP contribution in [-0.2, 0) is 14.8 Å². The lowest BCUT2D eigenvalue weighted by molar-refractivity contribution is -0.878. The van der Waals surface area contributed by atoms with Gasteiger partial charge in [-0.05, 0) is 18.2 Å². The number of benzene rings is 1. The highest BCUT2D eigenvalue weighted by Gasteiger charge is 2.24. The van der Waals surface area contributed by atoms with Gasteiger partial charge in [-0.25, -0.2) is 8.42 Å². The van der Waals surface area contributed by atoms with Crippen molar-refractivity contribution >= 4 is 33.2 Å². The van der Waals surface area contributed by atoms with Gasteiger partial charge in [0.1, 0.15) is 0 Å². The number of hydrogen-bond acceptors (Lipinski definition) is 3. The van der Waals surface area contributed by atoms with Gasteiger partial charge in [0.2, 0.25) is 10.0 Å². The van der Waals surface area contributed by atoms with E-state index in [-0.39, 0.29) is 10.8 Å². The third kappa shape index (κ3) is 4.47. The van der Waals surface area contributed by atoms with Crippen molar-refractivity contribution in [3.8, 4) is 0 Å². The number of nitrogens with one attached hydrogen (secondary N) is 2. The number of halogens is 1. The van der Waals surface area contributed by atoms with Crippen LogP contribution < -0.4 is 10.2 Å². The van der Waals surface area contributed by atoms with Crippen molar-refractivity contribution in [2.24, 2.45) is 0 Å². The maximum Gasteiger partial charge on any atom is 0.279 e.